The van der Waals surface area contributed by atoms with Gasteiger partial charge in [-0.3, -0.25) is 14.6 Å². The lowest BCUT2D eigenvalue weighted by Gasteiger charge is -2.19. The average Bonchev–Trinajstić information content (AvgIpc) is 3.15. The van der Waals surface area contributed by atoms with Crippen LogP contribution in [0.2, 0.25) is 0 Å². The fourth-order valence-electron chi connectivity index (χ4n) is 3.77. The van der Waals surface area contributed by atoms with Gasteiger partial charge in [0.1, 0.15) is 11.9 Å². The average molecular weight is 462 g/mol. The molecule has 1 atom stereocenters. The molecule has 2 aromatic heterocycles. The van der Waals surface area contributed by atoms with Crippen molar-refractivity contribution in [3.8, 4) is 6.07 Å². The maximum atomic E-state index is 13.6. The Labute approximate surface area is 193 Å². The van der Waals surface area contributed by atoms with Gasteiger partial charge in [0.15, 0.2) is 0 Å². The molecule has 3 aromatic rings. The predicted octanol–water partition coefficient (Wildman–Crippen LogP) is 2.87. The van der Waals surface area contributed by atoms with Gasteiger partial charge in [0.2, 0.25) is 5.91 Å². The Kier molecular flexibility index (Phi) is 6.19. The number of nitrogens with one attached hydrogen (secondary N) is 1. The minimum atomic E-state index is -3.12. The third-order valence-corrected chi connectivity index (χ3v) is 5.42. The number of nitrogens with zero attached hydrogens (tertiary/aromatic N) is 4. The number of pyridine rings is 2. The van der Waals surface area contributed by atoms with Gasteiger partial charge in [-0.2, -0.15) is 5.26 Å². The number of alkyl halides is 2. The van der Waals surface area contributed by atoms with E-state index in [1.165, 1.54) is 12.3 Å². The molecule has 0 bridgehead atoms. The van der Waals surface area contributed by atoms with Crippen molar-refractivity contribution in [3.63, 3.8) is 0 Å². The lowest BCUT2D eigenvalue weighted by Crippen LogP contribution is -2.43. The number of fused-ring (bicyclic) bond motifs is 1. The summed E-state index contributed by atoms with van der Waals surface area (Å²) in [6.07, 6.45) is 6.07. The van der Waals surface area contributed by atoms with Crippen LogP contribution in [0.25, 0.3) is 23.1 Å². The van der Waals surface area contributed by atoms with E-state index in [1.807, 2.05) is 18.2 Å². The zero-order chi connectivity index (χ0) is 24.3. The first-order valence-corrected chi connectivity index (χ1v) is 10.4. The van der Waals surface area contributed by atoms with Gasteiger partial charge in [0, 0.05) is 24.2 Å². The number of nitriles is 1. The van der Waals surface area contributed by atoms with Crippen molar-refractivity contribution in [2.45, 2.75) is 18.4 Å². The Hall–Kier alpha value is -4.39. The lowest BCUT2D eigenvalue weighted by molar-refractivity contribution is -0.131. The standard InChI is InChI=1S/C24H20F2N6O2/c25-24(26)11-17(12-27)32(14-24)22(33)13-31-23(34)18-6-8-29-20-4-3-15(9-19(18)20)1-2-16-5-7-30-21(28)10-16/h1-10,17H,11,13-14H2,(H2,28,30)(H,31,34). The number of carbonyl (C=O) groups excluding carboxylic acids is 2. The summed E-state index contributed by atoms with van der Waals surface area (Å²) in [5, 5.41) is 12.1. The fourth-order valence-corrected chi connectivity index (χ4v) is 3.77. The van der Waals surface area contributed by atoms with Crippen LogP contribution in [0.1, 0.15) is 27.9 Å². The molecule has 8 nitrogen and oxygen atoms in total. The summed E-state index contributed by atoms with van der Waals surface area (Å²) >= 11 is 0. The highest BCUT2D eigenvalue weighted by atomic mass is 19.3. The minimum absolute atomic E-state index is 0.282. The second-order valence-electron chi connectivity index (χ2n) is 7.89. The monoisotopic (exact) mass is 462 g/mol. The van der Waals surface area contributed by atoms with E-state index in [0.717, 1.165) is 16.0 Å². The highest BCUT2D eigenvalue weighted by molar-refractivity contribution is 6.07. The van der Waals surface area contributed by atoms with E-state index in [1.54, 1.807) is 36.5 Å². The smallest absolute Gasteiger partial charge is 0.268 e. The molecule has 0 spiro atoms. The number of halogens is 2. The summed E-state index contributed by atoms with van der Waals surface area (Å²) in [5.41, 5.74) is 8.22. The largest absolute Gasteiger partial charge is 0.384 e. The quantitative estimate of drug-likeness (QED) is 0.601. The number of anilines is 1. The zero-order valence-electron chi connectivity index (χ0n) is 17.9. The molecule has 1 fully saturated rings. The number of aromatic nitrogens is 2. The van der Waals surface area contributed by atoms with Crippen LogP contribution < -0.4 is 11.1 Å². The second-order valence-corrected chi connectivity index (χ2v) is 7.89. The van der Waals surface area contributed by atoms with Gasteiger partial charge in [-0.25, -0.2) is 13.8 Å². The molecule has 1 aromatic carbocycles. The van der Waals surface area contributed by atoms with Crippen molar-refractivity contribution < 1.29 is 18.4 Å². The molecular formula is C24H20F2N6O2. The van der Waals surface area contributed by atoms with E-state index < -0.39 is 43.3 Å². The lowest BCUT2D eigenvalue weighted by atomic mass is 10.0. The maximum absolute atomic E-state index is 13.6. The van der Waals surface area contributed by atoms with Crippen molar-refractivity contribution in [2.24, 2.45) is 0 Å². The van der Waals surface area contributed by atoms with Crippen LogP contribution in [-0.2, 0) is 4.79 Å². The Morgan fingerprint density at radius 3 is 2.65 bits per heavy atom. The van der Waals surface area contributed by atoms with Crippen molar-refractivity contribution in [3.05, 3.63) is 65.5 Å². The molecule has 1 aliphatic heterocycles. The number of hydrogen-bond acceptors (Lipinski definition) is 6. The summed E-state index contributed by atoms with van der Waals surface area (Å²) in [5.74, 6) is -4.01. The molecule has 0 saturated carbocycles. The number of nitrogen functional groups attached to an aromatic ring is 1. The molecule has 2 amide bonds. The SMILES string of the molecule is N#CC1CC(F)(F)CN1C(=O)CNC(=O)c1ccnc2ccc(C=Cc3ccnc(N)c3)cc12. The van der Waals surface area contributed by atoms with E-state index >= 15 is 0 Å². The van der Waals surface area contributed by atoms with Gasteiger partial charge in [-0.15, -0.1) is 0 Å². The normalized spacial score (nSPS) is 17.1. The fraction of sp³-hybridized carbons (Fsp3) is 0.208. The third-order valence-electron chi connectivity index (χ3n) is 5.42. The van der Waals surface area contributed by atoms with Crippen LogP contribution in [0.3, 0.4) is 0 Å². The molecule has 172 valence electrons. The first-order chi connectivity index (χ1) is 16.3. The second kappa shape index (κ2) is 9.23. The van der Waals surface area contributed by atoms with Gasteiger partial charge >= 0.3 is 0 Å². The Morgan fingerprint density at radius 2 is 1.91 bits per heavy atom. The highest BCUT2D eigenvalue weighted by Gasteiger charge is 2.47. The molecule has 1 saturated heterocycles. The summed E-state index contributed by atoms with van der Waals surface area (Å²) in [4.78, 5) is 34.2. The Balaban J connectivity index is 1.51. The number of likely N-dealkylation sites (tertiary alicyclic amines) is 1. The van der Waals surface area contributed by atoms with Gasteiger partial charge in [-0.1, -0.05) is 18.2 Å². The number of amides is 2. The number of nitrogens with two attached hydrogens (primary N) is 1. The van der Waals surface area contributed by atoms with E-state index in [9.17, 15) is 18.4 Å². The van der Waals surface area contributed by atoms with E-state index in [-0.39, 0.29) is 5.56 Å². The molecule has 3 heterocycles. The molecule has 1 unspecified atom stereocenters. The van der Waals surface area contributed by atoms with E-state index in [4.69, 9.17) is 11.0 Å². The first-order valence-electron chi connectivity index (χ1n) is 10.4. The van der Waals surface area contributed by atoms with Crippen LogP contribution in [0.15, 0.2) is 48.8 Å². The van der Waals surface area contributed by atoms with Crippen LogP contribution in [0.4, 0.5) is 14.6 Å². The molecule has 0 aliphatic carbocycles. The van der Waals surface area contributed by atoms with Crippen molar-refractivity contribution in [2.75, 3.05) is 18.8 Å². The van der Waals surface area contributed by atoms with Crippen LogP contribution in [-0.4, -0.2) is 51.7 Å². The molecule has 0 radical (unpaired) electrons. The number of rotatable bonds is 5. The molecule has 3 N–H and O–H groups in total. The van der Waals surface area contributed by atoms with Gasteiger partial charge in [-0.05, 0) is 41.5 Å². The molecular weight excluding hydrogens is 442 g/mol. The van der Waals surface area contributed by atoms with Crippen LogP contribution in [0.5, 0.6) is 0 Å². The first kappa shape index (κ1) is 22.8. The molecule has 34 heavy (non-hydrogen) atoms. The predicted molar refractivity (Wildman–Crippen MR) is 122 cm³/mol. The number of carbonyl (C=O) groups is 2. The molecule has 4 rings (SSSR count). The third kappa shape index (κ3) is 4.99. The van der Waals surface area contributed by atoms with Gasteiger partial charge in [0.25, 0.3) is 11.8 Å². The topological polar surface area (TPSA) is 125 Å². The summed E-state index contributed by atoms with van der Waals surface area (Å²) in [6, 6.07) is 10.9. The summed E-state index contributed by atoms with van der Waals surface area (Å²) in [7, 11) is 0. The van der Waals surface area contributed by atoms with Crippen molar-refractivity contribution in [1.29, 1.82) is 5.26 Å². The van der Waals surface area contributed by atoms with E-state index in [0.29, 0.717) is 16.7 Å². The Bertz CT molecular complexity index is 1330. The van der Waals surface area contributed by atoms with Crippen LogP contribution >= 0.6 is 0 Å². The molecule has 1 aliphatic rings. The van der Waals surface area contributed by atoms with Gasteiger partial charge in [0.05, 0.1) is 30.2 Å². The molecule has 10 heteroatoms. The number of benzene rings is 1. The minimum Gasteiger partial charge on any atom is -0.384 e. The number of hydrogen-bond donors (Lipinski definition) is 2. The zero-order valence-corrected chi connectivity index (χ0v) is 17.9. The van der Waals surface area contributed by atoms with Crippen molar-refractivity contribution >= 4 is 40.7 Å². The Morgan fingerprint density at radius 1 is 1.18 bits per heavy atom. The van der Waals surface area contributed by atoms with Crippen molar-refractivity contribution in [1.82, 2.24) is 20.2 Å². The maximum Gasteiger partial charge on any atom is 0.268 e. The summed E-state index contributed by atoms with van der Waals surface area (Å²) < 4.78 is 27.2. The van der Waals surface area contributed by atoms with Crippen LogP contribution in [0, 0.1) is 11.3 Å². The summed E-state index contributed by atoms with van der Waals surface area (Å²) in [6.45, 7) is -1.34. The highest BCUT2D eigenvalue weighted by Crippen LogP contribution is 2.31. The van der Waals surface area contributed by atoms with Gasteiger partial charge < -0.3 is 16.0 Å². The van der Waals surface area contributed by atoms with E-state index in [2.05, 4.69) is 15.3 Å².